The Hall–Kier alpha value is -0.700. The van der Waals surface area contributed by atoms with Gasteiger partial charge in [0.2, 0.25) is 0 Å². The Morgan fingerprint density at radius 3 is 2.26 bits per heavy atom. The Kier molecular flexibility index (Phi) is 9.72. The zero-order valence-electron chi connectivity index (χ0n) is 20.9. The molecule has 11 heteroatoms. The van der Waals surface area contributed by atoms with E-state index < -0.39 is 55.3 Å². The van der Waals surface area contributed by atoms with Crippen LogP contribution in [0.5, 0.6) is 0 Å². The van der Waals surface area contributed by atoms with E-state index in [0.29, 0.717) is 19.3 Å². The molecule has 2 fully saturated rings. The SMILES string of the molecule is CC1=C(CCC(C)O)C(C)(C)CC(OC2OC(COC3OCC(O)C(O)C3O)C(O)C(O)C2O)C1. The summed E-state index contributed by atoms with van der Waals surface area (Å²) in [5.41, 5.74) is 2.24. The molecule has 0 aromatic carbocycles. The highest BCUT2D eigenvalue weighted by Gasteiger charge is 2.47. The molecule has 3 aliphatic rings. The minimum Gasteiger partial charge on any atom is -0.393 e. The summed E-state index contributed by atoms with van der Waals surface area (Å²) in [6, 6.07) is 0. The highest BCUT2D eigenvalue weighted by Crippen LogP contribution is 2.44. The predicted octanol–water partition coefficient (Wildman–Crippen LogP) is -1.07. The van der Waals surface area contributed by atoms with E-state index in [0.717, 1.165) is 12.0 Å². The fourth-order valence-electron chi connectivity index (χ4n) is 5.28. The van der Waals surface area contributed by atoms with Gasteiger partial charge < -0.3 is 54.7 Å². The third-order valence-electron chi connectivity index (χ3n) is 7.29. The third-order valence-corrected chi connectivity index (χ3v) is 7.29. The first-order valence-electron chi connectivity index (χ1n) is 12.3. The zero-order valence-corrected chi connectivity index (χ0v) is 20.9. The quantitative estimate of drug-likeness (QED) is 0.199. The third kappa shape index (κ3) is 6.79. The van der Waals surface area contributed by atoms with Gasteiger partial charge in [-0.25, -0.2) is 0 Å². The largest absolute Gasteiger partial charge is 0.393 e. The summed E-state index contributed by atoms with van der Waals surface area (Å²) >= 11 is 0. The molecule has 0 amide bonds. The molecule has 204 valence electrons. The van der Waals surface area contributed by atoms with Crippen molar-refractivity contribution in [3.63, 3.8) is 0 Å². The molecule has 0 radical (unpaired) electrons. The van der Waals surface area contributed by atoms with Crippen molar-refractivity contribution in [3.05, 3.63) is 11.1 Å². The summed E-state index contributed by atoms with van der Waals surface area (Å²) in [6.45, 7) is 7.45. The number of aliphatic hydroxyl groups is 7. The first-order chi connectivity index (χ1) is 16.3. The van der Waals surface area contributed by atoms with Gasteiger partial charge in [-0.15, -0.1) is 0 Å². The van der Waals surface area contributed by atoms with Crippen LogP contribution in [0.1, 0.15) is 53.4 Å². The molecule has 0 aromatic rings. The van der Waals surface area contributed by atoms with Crippen LogP contribution in [0, 0.1) is 5.41 Å². The van der Waals surface area contributed by atoms with Crippen molar-refractivity contribution >= 4 is 0 Å². The maximum absolute atomic E-state index is 10.5. The van der Waals surface area contributed by atoms with Gasteiger partial charge in [0, 0.05) is 0 Å². The summed E-state index contributed by atoms with van der Waals surface area (Å²) in [4.78, 5) is 0. The summed E-state index contributed by atoms with van der Waals surface area (Å²) in [7, 11) is 0. The van der Waals surface area contributed by atoms with Crippen molar-refractivity contribution in [2.24, 2.45) is 5.41 Å². The number of hydrogen-bond donors (Lipinski definition) is 7. The lowest BCUT2D eigenvalue weighted by Gasteiger charge is -2.44. The smallest absolute Gasteiger partial charge is 0.186 e. The summed E-state index contributed by atoms with van der Waals surface area (Å²) in [5, 5.41) is 70.4. The van der Waals surface area contributed by atoms with Crippen LogP contribution in [0.2, 0.25) is 0 Å². The first kappa shape index (κ1) is 28.9. The van der Waals surface area contributed by atoms with Gasteiger partial charge in [-0.1, -0.05) is 25.0 Å². The Morgan fingerprint density at radius 2 is 1.63 bits per heavy atom. The van der Waals surface area contributed by atoms with Gasteiger partial charge >= 0.3 is 0 Å². The summed E-state index contributed by atoms with van der Waals surface area (Å²) in [6.07, 6.45) is -10.3. The molecule has 1 aliphatic carbocycles. The van der Waals surface area contributed by atoms with E-state index in [1.165, 1.54) is 5.57 Å². The Morgan fingerprint density at radius 1 is 0.971 bits per heavy atom. The average Bonchev–Trinajstić information content (AvgIpc) is 2.77. The highest BCUT2D eigenvalue weighted by molar-refractivity contribution is 5.24. The minimum atomic E-state index is -1.55. The van der Waals surface area contributed by atoms with Crippen molar-refractivity contribution in [2.75, 3.05) is 13.2 Å². The van der Waals surface area contributed by atoms with Crippen molar-refractivity contribution in [1.82, 2.24) is 0 Å². The minimum absolute atomic E-state index is 0.192. The van der Waals surface area contributed by atoms with Gasteiger partial charge in [0.15, 0.2) is 12.6 Å². The molecule has 11 atom stereocenters. The summed E-state index contributed by atoms with van der Waals surface area (Å²) in [5.74, 6) is 0. The second-order valence-corrected chi connectivity index (χ2v) is 10.8. The van der Waals surface area contributed by atoms with Crippen LogP contribution in [0.15, 0.2) is 11.1 Å². The normalized spacial score (nSPS) is 43.3. The van der Waals surface area contributed by atoms with E-state index >= 15 is 0 Å². The molecule has 11 unspecified atom stereocenters. The molecule has 3 rings (SSSR count). The zero-order chi connectivity index (χ0) is 26.1. The van der Waals surface area contributed by atoms with E-state index in [1.54, 1.807) is 6.92 Å². The van der Waals surface area contributed by atoms with Crippen LogP contribution in [0.3, 0.4) is 0 Å². The standard InChI is InChI=1S/C24H42O11/c1-11-7-13(8-24(3,4)14(11)6-5-12(2)25)34-23-21(31)19(29)18(28)16(35-23)10-33-22-20(30)17(27)15(26)9-32-22/h12-13,15-23,25-31H,5-10H2,1-4H3. The molecule has 11 nitrogen and oxygen atoms in total. The number of rotatable bonds is 8. The molecule has 0 bridgehead atoms. The van der Waals surface area contributed by atoms with Crippen molar-refractivity contribution < 1.29 is 54.7 Å². The van der Waals surface area contributed by atoms with Gasteiger partial charge in [0.1, 0.15) is 42.7 Å². The maximum Gasteiger partial charge on any atom is 0.186 e. The van der Waals surface area contributed by atoms with Crippen molar-refractivity contribution in [1.29, 1.82) is 0 Å². The maximum atomic E-state index is 10.5. The topological polar surface area (TPSA) is 179 Å². The molecule has 2 aliphatic heterocycles. The van der Waals surface area contributed by atoms with E-state index in [-0.39, 0.29) is 30.8 Å². The van der Waals surface area contributed by atoms with Crippen molar-refractivity contribution in [3.8, 4) is 0 Å². The lowest BCUT2D eigenvalue weighted by Crippen LogP contribution is -2.61. The van der Waals surface area contributed by atoms with Crippen LogP contribution < -0.4 is 0 Å². The number of aliphatic hydroxyl groups excluding tert-OH is 7. The predicted molar refractivity (Wildman–Crippen MR) is 122 cm³/mol. The van der Waals surface area contributed by atoms with Gasteiger partial charge in [-0.05, 0) is 44.9 Å². The van der Waals surface area contributed by atoms with Crippen LogP contribution in [-0.2, 0) is 18.9 Å². The van der Waals surface area contributed by atoms with Crippen LogP contribution >= 0.6 is 0 Å². The van der Waals surface area contributed by atoms with Gasteiger partial charge in [-0.3, -0.25) is 0 Å². The fraction of sp³-hybridized carbons (Fsp3) is 0.917. The highest BCUT2D eigenvalue weighted by atomic mass is 16.7. The van der Waals surface area contributed by atoms with E-state index in [4.69, 9.17) is 18.9 Å². The molecular formula is C24H42O11. The Bertz CT molecular complexity index is 726. The lowest BCUT2D eigenvalue weighted by molar-refractivity contribution is -0.328. The molecular weight excluding hydrogens is 464 g/mol. The molecule has 2 saturated heterocycles. The second-order valence-electron chi connectivity index (χ2n) is 10.8. The molecule has 2 heterocycles. The summed E-state index contributed by atoms with van der Waals surface area (Å²) < 4.78 is 22.5. The number of ether oxygens (including phenoxy) is 4. The molecule has 0 spiro atoms. The lowest BCUT2D eigenvalue weighted by atomic mass is 9.70. The van der Waals surface area contributed by atoms with Crippen LogP contribution in [0.4, 0.5) is 0 Å². The van der Waals surface area contributed by atoms with Crippen LogP contribution in [0.25, 0.3) is 0 Å². The second kappa shape index (κ2) is 11.8. The number of hydrogen-bond acceptors (Lipinski definition) is 11. The van der Waals surface area contributed by atoms with E-state index in [2.05, 4.69) is 13.8 Å². The average molecular weight is 507 g/mol. The van der Waals surface area contributed by atoms with Gasteiger partial charge in [-0.2, -0.15) is 0 Å². The number of allylic oxidation sites excluding steroid dienone is 1. The molecule has 0 saturated carbocycles. The fourth-order valence-corrected chi connectivity index (χ4v) is 5.28. The molecule has 0 aromatic heterocycles. The van der Waals surface area contributed by atoms with Gasteiger partial charge in [0.25, 0.3) is 0 Å². The van der Waals surface area contributed by atoms with Crippen LogP contribution in [-0.4, -0.2) is 116 Å². The molecule has 7 N–H and O–H groups in total. The Balaban J connectivity index is 1.62. The monoisotopic (exact) mass is 506 g/mol. The molecule has 35 heavy (non-hydrogen) atoms. The van der Waals surface area contributed by atoms with E-state index in [1.807, 2.05) is 6.92 Å². The van der Waals surface area contributed by atoms with Gasteiger partial charge in [0.05, 0.1) is 25.4 Å². The van der Waals surface area contributed by atoms with E-state index in [9.17, 15) is 35.7 Å². The Labute approximate surface area is 205 Å². The van der Waals surface area contributed by atoms with Crippen molar-refractivity contribution in [2.45, 2.75) is 121 Å². The first-order valence-corrected chi connectivity index (χ1v) is 12.3.